The summed E-state index contributed by atoms with van der Waals surface area (Å²) < 4.78 is 0. The van der Waals surface area contributed by atoms with Crippen LogP contribution >= 0.6 is 0 Å². The van der Waals surface area contributed by atoms with Crippen molar-refractivity contribution in [2.24, 2.45) is 0 Å². The zero-order valence-electron chi connectivity index (χ0n) is 37.9. The van der Waals surface area contributed by atoms with Gasteiger partial charge in [-0.15, -0.1) is 0 Å². The summed E-state index contributed by atoms with van der Waals surface area (Å²) in [6.07, 6.45) is 4.88. The Labute approximate surface area is 360 Å². The summed E-state index contributed by atoms with van der Waals surface area (Å²) in [5.41, 5.74) is 20.1. The smallest absolute Gasteiger partial charge is 0.252 e. The predicted molar refractivity (Wildman–Crippen MR) is 259 cm³/mol. The van der Waals surface area contributed by atoms with Crippen LogP contribution in [0.5, 0.6) is 0 Å². The van der Waals surface area contributed by atoms with Gasteiger partial charge in [-0.3, -0.25) is 0 Å². The van der Waals surface area contributed by atoms with Crippen LogP contribution in [0.4, 0.5) is 45.5 Å². The standard InChI is InChI=1S/C56H62BN3/c1-52(2,3)37-23-27-41(28-24-37)58(42-29-25-38(26-30-42)53(4,5)6)43-35-48-50-49(36-43)60-51-44(55(10)31-17-18-32-56(55,60)11)33-39(54(7,8)9)34-46(51)57(50)45-21-15-16-22-47(45)59(48)40-19-13-12-14-20-40/h12-16,19-30,33-36H,17-18,31-32H2,1-11H3. The molecule has 6 aromatic rings. The first-order chi connectivity index (χ1) is 28.4. The Morgan fingerprint density at radius 2 is 1.07 bits per heavy atom. The molecule has 0 N–H and O–H groups in total. The van der Waals surface area contributed by atoms with Crippen molar-refractivity contribution in [2.45, 2.75) is 129 Å². The summed E-state index contributed by atoms with van der Waals surface area (Å²) in [7, 11) is 0. The number of fused-ring (bicyclic) bond motifs is 7. The molecule has 0 spiro atoms. The molecule has 4 heteroatoms. The molecule has 0 radical (unpaired) electrons. The lowest BCUT2D eigenvalue weighted by atomic mass is 9.33. The van der Waals surface area contributed by atoms with Gasteiger partial charge in [0.1, 0.15) is 0 Å². The van der Waals surface area contributed by atoms with Gasteiger partial charge >= 0.3 is 0 Å². The van der Waals surface area contributed by atoms with E-state index in [1.54, 1.807) is 5.56 Å². The Balaban J connectivity index is 1.32. The third-order valence-electron chi connectivity index (χ3n) is 15.0. The monoisotopic (exact) mass is 788 g/mol. The van der Waals surface area contributed by atoms with Gasteiger partial charge in [0.05, 0.1) is 11.2 Å². The van der Waals surface area contributed by atoms with Crippen molar-refractivity contribution < 1.29 is 0 Å². The molecule has 60 heavy (non-hydrogen) atoms. The third kappa shape index (κ3) is 5.69. The fraction of sp³-hybridized carbons (Fsp3) is 0.357. The molecule has 2 unspecified atom stereocenters. The number of para-hydroxylation sites is 2. The van der Waals surface area contributed by atoms with E-state index in [1.807, 2.05) is 0 Å². The fourth-order valence-corrected chi connectivity index (χ4v) is 11.4. The van der Waals surface area contributed by atoms with E-state index in [1.165, 1.54) is 97.8 Å². The Morgan fingerprint density at radius 3 is 1.67 bits per heavy atom. The largest absolute Gasteiger partial charge is 0.335 e. The summed E-state index contributed by atoms with van der Waals surface area (Å²) in [6.45, 7) is 26.3. The maximum Gasteiger partial charge on any atom is 0.252 e. The van der Waals surface area contributed by atoms with E-state index >= 15 is 0 Å². The van der Waals surface area contributed by atoms with Crippen molar-refractivity contribution in [1.29, 1.82) is 0 Å². The summed E-state index contributed by atoms with van der Waals surface area (Å²) in [5, 5.41) is 0. The van der Waals surface area contributed by atoms with Gasteiger partial charge in [-0.1, -0.05) is 155 Å². The van der Waals surface area contributed by atoms with Crippen LogP contribution in [0.25, 0.3) is 0 Å². The maximum absolute atomic E-state index is 2.88. The SMILES string of the molecule is CC(C)(C)c1ccc(N(c2ccc(C(C)(C)C)cc2)c2cc3c4c(c2)N2c5c(cc(C(C)(C)C)cc5C5(C)CCCCC25C)B4c2ccccc2N3c2ccccc2)cc1. The molecule has 3 heterocycles. The van der Waals surface area contributed by atoms with Crippen LogP contribution in [0.1, 0.15) is 124 Å². The zero-order valence-corrected chi connectivity index (χ0v) is 37.9. The van der Waals surface area contributed by atoms with Crippen LogP contribution in [-0.4, -0.2) is 12.3 Å². The molecule has 3 aliphatic heterocycles. The molecule has 2 atom stereocenters. The number of nitrogens with zero attached hydrogens (tertiary/aromatic N) is 3. The molecule has 0 aromatic heterocycles. The average molecular weight is 788 g/mol. The molecular weight excluding hydrogens is 725 g/mol. The first-order valence-electron chi connectivity index (χ1n) is 22.5. The van der Waals surface area contributed by atoms with Crippen molar-refractivity contribution in [3.05, 3.63) is 150 Å². The van der Waals surface area contributed by atoms with Crippen LogP contribution in [-0.2, 0) is 21.7 Å². The molecule has 1 saturated carbocycles. The predicted octanol–water partition coefficient (Wildman–Crippen LogP) is 13.4. The van der Waals surface area contributed by atoms with Gasteiger partial charge < -0.3 is 14.7 Å². The Kier molecular flexibility index (Phi) is 8.53. The molecule has 10 rings (SSSR count). The van der Waals surface area contributed by atoms with Gasteiger partial charge in [0.25, 0.3) is 6.71 Å². The van der Waals surface area contributed by atoms with Gasteiger partial charge in [0.15, 0.2) is 0 Å². The zero-order chi connectivity index (χ0) is 42.1. The number of hydrogen-bond acceptors (Lipinski definition) is 3. The highest BCUT2D eigenvalue weighted by molar-refractivity contribution is 7.00. The van der Waals surface area contributed by atoms with E-state index in [2.05, 4.69) is 218 Å². The lowest BCUT2D eigenvalue weighted by Gasteiger charge is -2.53. The van der Waals surface area contributed by atoms with Crippen molar-refractivity contribution in [1.82, 2.24) is 0 Å². The van der Waals surface area contributed by atoms with Crippen molar-refractivity contribution >= 4 is 68.6 Å². The van der Waals surface area contributed by atoms with Crippen LogP contribution in [0.3, 0.4) is 0 Å². The topological polar surface area (TPSA) is 9.72 Å². The van der Waals surface area contributed by atoms with Crippen molar-refractivity contribution in [2.75, 3.05) is 14.7 Å². The van der Waals surface area contributed by atoms with Gasteiger partial charge in [0, 0.05) is 45.2 Å². The van der Waals surface area contributed by atoms with E-state index in [9.17, 15) is 0 Å². The molecule has 304 valence electrons. The van der Waals surface area contributed by atoms with Gasteiger partial charge in [0.2, 0.25) is 0 Å². The lowest BCUT2D eigenvalue weighted by Crippen LogP contribution is -2.64. The lowest BCUT2D eigenvalue weighted by molar-refractivity contribution is 0.195. The van der Waals surface area contributed by atoms with Crippen LogP contribution in [0.2, 0.25) is 0 Å². The second-order valence-electron chi connectivity index (χ2n) is 21.8. The highest BCUT2D eigenvalue weighted by atomic mass is 15.3. The minimum atomic E-state index is -0.0850. The van der Waals surface area contributed by atoms with E-state index in [0.29, 0.717) is 0 Å². The number of hydrogen-bond donors (Lipinski definition) is 0. The average Bonchev–Trinajstić information content (AvgIpc) is 3.42. The normalized spacial score (nSPS) is 20.4. The molecule has 0 amide bonds. The molecule has 4 aliphatic rings. The molecule has 1 fully saturated rings. The molecule has 6 aromatic carbocycles. The van der Waals surface area contributed by atoms with Crippen molar-refractivity contribution in [3.63, 3.8) is 0 Å². The van der Waals surface area contributed by atoms with Crippen LogP contribution in [0, 0.1) is 0 Å². The van der Waals surface area contributed by atoms with Gasteiger partial charge in [-0.05, 0) is 129 Å². The summed E-state index contributed by atoms with van der Waals surface area (Å²) in [6, 6.07) is 49.4. The Hall–Kier alpha value is -5.22. The molecule has 1 aliphatic carbocycles. The second kappa shape index (κ2) is 13.1. The third-order valence-corrected chi connectivity index (χ3v) is 15.0. The first kappa shape index (κ1) is 39.0. The quantitative estimate of drug-likeness (QED) is 0.165. The van der Waals surface area contributed by atoms with Crippen LogP contribution in [0.15, 0.2) is 127 Å². The van der Waals surface area contributed by atoms with E-state index in [0.717, 1.165) is 6.42 Å². The van der Waals surface area contributed by atoms with Gasteiger partial charge in [-0.25, -0.2) is 0 Å². The number of benzene rings is 6. The number of anilines is 8. The molecule has 0 bridgehead atoms. The first-order valence-corrected chi connectivity index (χ1v) is 22.5. The van der Waals surface area contributed by atoms with E-state index in [4.69, 9.17) is 0 Å². The molecule has 0 saturated heterocycles. The highest BCUT2D eigenvalue weighted by Crippen LogP contribution is 2.62. The minimum absolute atomic E-state index is 0.0108. The summed E-state index contributed by atoms with van der Waals surface area (Å²) >= 11 is 0. The molecule has 3 nitrogen and oxygen atoms in total. The molecular formula is C56H62BN3. The number of rotatable bonds is 4. The van der Waals surface area contributed by atoms with E-state index < -0.39 is 0 Å². The maximum atomic E-state index is 2.88. The van der Waals surface area contributed by atoms with Crippen LogP contribution < -0.4 is 31.1 Å². The summed E-state index contributed by atoms with van der Waals surface area (Å²) in [4.78, 5) is 7.96. The second-order valence-corrected chi connectivity index (χ2v) is 21.8. The summed E-state index contributed by atoms with van der Waals surface area (Å²) in [5.74, 6) is 0. The van der Waals surface area contributed by atoms with Gasteiger partial charge in [-0.2, -0.15) is 0 Å². The van der Waals surface area contributed by atoms with Crippen molar-refractivity contribution in [3.8, 4) is 0 Å². The minimum Gasteiger partial charge on any atom is -0.335 e. The Bertz CT molecular complexity index is 2580. The van der Waals surface area contributed by atoms with E-state index in [-0.39, 0.29) is 33.9 Å². The Morgan fingerprint density at radius 1 is 0.517 bits per heavy atom. The fourth-order valence-electron chi connectivity index (χ4n) is 11.4. The highest BCUT2D eigenvalue weighted by Gasteiger charge is 2.61.